The summed E-state index contributed by atoms with van der Waals surface area (Å²) in [6, 6.07) is 9.37. The Bertz CT molecular complexity index is 697. The molecule has 0 aliphatic carbocycles. The van der Waals surface area contributed by atoms with Crippen LogP contribution in [0.3, 0.4) is 0 Å². The molecule has 24 heavy (non-hydrogen) atoms. The summed E-state index contributed by atoms with van der Waals surface area (Å²) >= 11 is 1.26. The van der Waals surface area contributed by atoms with E-state index in [1.165, 1.54) is 17.3 Å². The molecule has 0 fully saturated rings. The molecular formula is C17H21N3O3S. The number of carbonyl (C=O) groups excluding carboxylic acids is 2. The van der Waals surface area contributed by atoms with Crippen molar-refractivity contribution in [3.8, 4) is 0 Å². The molecule has 2 aromatic rings. The van der Waals surface area contributed by atoms with E-state index in [4.69, 9.17) is 4.52 Å². The van der Waals surface area contributed by atoms with Crippen molar-refractivity contribution in [2.45, 2.75) is 32.4 Å². The molecular weight excluding hydrogens is 326 g/mol. The first-order valence-electron chi connectivity index (χ1n) is 7.72. The summed E-state index contributed by atoms with van der Waals surface area (Å²) in [6.07, 6.45) is 0.960. The molecule has 6 nitrogen and oxygen atoms in total. The summed E-state index contributed by atoms with van der Waals surface area (Å²) in [4.78, 5) is 24.0. The molecule has 2 rings (SSSR count). The number of anilines is 2. The van der Waals surface area contributed by atoms with Crippen LogP contribution in [0.2, 0.25) is 0 Å². The number of nitrogens with zero attached hydrogens (tertiary/aromatic N) is 1. The Labute approximate surface area is 145 Å². The van der Waals surface area contributed by atoms with Gasteiger partial charge in [-0.25, -0.2) is 0 Å². The fourth-order valence-corrected chi connectivity index (χ4v) is 2.63. The smallest absolute Gasteiger partial charge is 0.238 e. The van der Waals surface area contributed by atoms with Crippen LogP contribution in [0.1, 0.15) is 25.2 Å². The Morgan fingerprint density at radius 3 is 2.54 bits per heavy atom. The standard InChI is InChI=1S/C17H21N3O3S/c1-4-13-5-7-14(8-6-13)18-16(21)10-24-12(3)17(22)19-15-9-11(2)23-20-15/h5-9,12H,4,10H2,1-3H3,(H,18,21)(H,19,20,22)/t12-/m1/s1. The van der Waals surface area contributed by atoms with Gasteiger partial charge in [-0.3, -0.25) is 9.59 Å². The molecule has 7 heteroatoms. The summed E-state index contributed by atoms with van der Waals surface area (Å²) in [7, 11) is 0. The summed E-state index contributed by atoms with van der Waals surface area (Å²) in [5.41, 5.74) is 1.98. The van der Waals surface area contributed by atoms with E-state index in [0.717, 1.165) is 12.1 Å². The number of amides is 2. The predicted octanol–water partition coefficient (Wildman–Crippen LogP) is 3.24. The van der Waals surface area contributed by atoms with E-state index < -0.39 is 0 Å². The fourth-order valence-electron chi connectivity index (χ4n) is 1.95. The van der Waals surface area contributed by atoms with Gasteiger partial charge in [0.15, 0.2) is 5.82 Å². The molecule has 0 spiro atoms. The summed E-state index contributed by atoms with van der Waals surface area (Å²) in [6.45, 7) is 5.57. The summed E-state index contributed by atoms with van der Waals surface area (Å²) < 4.78 is 4.89. The molecule has 0 saturated carbocycles. The lowest BCUT2D eigenvalue weighted by Crippen LogP contribution is -2.25. The van der Waals surface area contributed by atoms with Crippen LogP contribution in [0, 0.1) is 6.92 Å². The minimum Gasteiger partial charge on any atom is -0.360 e. The highest BCUT2D eigenvalue weighted by molar-refractivity contribution is 8.01. The maximum atomic E-state index is 12.0. The van der Waals surface area contributed by atoms with E-state index in [1.54, 1.807) is 19.9 Å². The number of nitrogens with one attached hydrogen (secondary N) is 2. The van der Waals surface area contributed by atoms with Crippen LogP contribution >= 0.6 is 11.8 Å². The minimum atomic E-state index is -0.379. The van der Waals surface area contributed by atoms with Crippen LogP contribution < -0.4 is 10.6 Å². The molecule has 0 aliphatic rings. The fraction of sp³-hybridized carbons (Fsp3) is 0.353. The van der Waals surface area contributed by atoms with Crippen LogP contribution in [-0.2, 0) is 16.0 Å². The predicted molar refractivity (Wildman–Crippen MR) is 96.2 cm³/mol. The first-order chi connectivity index (χ1) is 11.5. The molecule has 1 heterocycles. The maximum absolute atomic E-state index is 12.0. The molecule has 0 unspecified atom stereocenters. The number of aromatic nitrogens is 1. The minimum absolute atomic E-state index is 0.138. The van der Waals surface area contributed by atoms with Crippen LogP contribution in [0.25, 0.3) is 0 Å². The third-order valence-electron chi connectivity index (χ3n) is 3.36. The maximum Gasteiger partial charge on any atom is 0.238 e. The quantitative estimate of drug-likeness (QED) is 0.803. The van der Waals surface area contributed by atoms with Gasteiger partial charge in [-0.1, -0.05) is 24.2 Å². The van der Waals surface area contributed by atoms with Crippen molar-refractivity contribution < 1.29 is 14.1 Å². The Morgan fingerprint density at radius 1 is 1.25 bits per heavy atom. The highest BCUT2D eigenvalue weighted by Crippen LogP contribution is 2.15. The third kappa shape index (κ3) is 5.42. The lowest BCUT2D eigenvalue weighted by atomic mass is 10.1. The molecule has 0 saturated heterocycles. The number of carbonyl (C=O) groups is 2. The number of hydrogen-bond acceptors (Lipinski definition) is 5. The first kappa shape index (κ1) is 18.1. The van der Waals surface area contributed by atoms with Gasteiger partial charge in [0.25, 0.3) is 0 Å². The van der Waals surface area contributed by atoms with Crippen LogP contribution in [0.4, 0.5) is 11.5 Å². The van der Waals surface area contributed by atoms with Gasteiger partial charge in [0.1, 0.15) is 5.76 Å². The normalized spacial score (nSPS) is 11.8. The van der Waals surface area contributed by atoms with E-state index >= 15 is 0 Å². The van der Waals surface area contributed by atoms with Crippen molar-refractivity contribution in [2.75, 3.05) is 16.4 Å². The lowest BCUT2D eigenvalue weighted by molar-refractivity contribution is -0.115. The van der Waals surface area contributed by atoms with E-state index in [-0.39, 0.29) is 22.8 Å². The summed E-state index contributed by atoms with van der Waals surface area (Å²) in [5, 5.41) is 8.80. The third-order valence-corrected chi connectivity index (χ3v) is 4.50. The van der Waals surface area contributed by atoms with Gasteiger partial charge in [0.2, 0.25) is 11.8 Å². The number of rotatable bonds is 7. The molecule has 1 atom stereocenters. The van der Waals surface area contributed by atoms with Crippen LogP contribution in [0.5, 0.6) is 0 Å². The molecule has 1 aromatic carbocycles. The largest absolute Gasteiger partial charge is 0.360 e. The molecule has 2 amide bonds. The number of thioether (sulfide) groups is 1. The lowest BCUT2D eigenvalue weighted by Gasteiger charge is -2.10. The SMILES string of the molecule is CCc1ccc(NC(=O)CS[C@H](C)C(=O)Nc2cc(C)on2)cc1. The van der Waals surface area contributed by atoms with E-state index in [1.807, 2.05) is 24.3 Å². The Kier molecular flexibility index (Phi) is 6.43. The Balaban J connectivity index is 1.76. The van der Waals surface area contributed by atoms with Crippen molar-refractivity contribution >= 4 is 35.1 Å². The molecule has 1 aromatic heterocycles. The van der Waals surface area contributed by atoms with Crippen molar-refractivity contribution in [3.05, 3.63) is 41.7 Å². The van der Waals surface area contributed by atoms with Gasteiger partial charge in [-0.15, -0.1) is 11.8 Å². The second kappa shape index (κ2) is 8.54. The van der Waals surface area contributed by atoms with Crippen molar-refractivity contribution in [3.63, 3.8) is 0 Å². The van der Waals surface area contributed by atoms with Crippen LogP contribution in [0.15, 0.2) is 34.9 Å². The number of benzene rings is 1. The van der Waals surface area contributed by atoms with Gasteiger partial charge < -0.3 is 15.2 Å². The molecule has 0 bridgehead atoms. The zero-order chi connectivity index (χ0) is 17.5. The summed E-state index contributed by atoms with van der Waals surface area (Å²) in [5.74, 6) is 0.848. The average molecular weight is 347 g/mol. The van der Waals surface area contributed by atoms with Crippen LogP contribution in [-0.4, -0.2) is 28.0 Å². The molecule has 0 radical (unpaired) electrons. The monoisotopic (exact) mass is 347 g/mol. The van der Waals surface area contributed by atoms with E-state index in [9.17, 15) is 9.59 Å². The average Bonchev–Trinajstić information content (AvgIpc) is 2.98. The van der Waals surface area contributed by atoms with Gasteiger partial charge in [0, 0.05) is 11.8 Å². The molecule has 2 N–H and O–H groups in total. The molecule has 128 valence electrons. The van der Waals surface area contributed by atoms with Crippen molar-refractivity contribution in [1.29, 1.82) is 0 Å². The number of hydrogen-bond donors (Lipinski definition) is 2. The Morgan fingerprint density at radius 2 is 1.96 bits per heavy atom. The first-order valence-corrected chi connectivity index (χ1v) is 8.77. The highest BCUT2D eigenvalue weighted by Gasteiger charge is 2.16. The van der Waals surface area contributed by atoms with Crippen molar-refractivity contribution in [1.82, 2.24) is 5.16 Å². The topological polar surface area (TPSA) is 84.2 Å². The van der Waals surface area contributed by atoms with Gasteiger partial charge >= 0.3 is 0 Å². The zero-order valence-corrected chi connectivity index (χ0v) is 14.8. The second-order valence-corrected chi connectivity index (χ2v) is 6.69. The number of aryl methyl sites for hydroxylation is 2. The molecule has 0 aliphatic heterocycles. The Hall–Kier alpha value is -2.28. The van der Waals surface area contributed by atoms with Gasteiger partial charge in [-0.05, 0) is 38.0 Å². The highest BCUT2D eigenvalue weighted by atomic mass is 32.2. The van der Waals surface area contributed by atoms with E-state index in [0.29, 0.717) is 11.6 Å². The zero-order valence-electron chi connectivity index (χ0n) is 14.0. The van der Waals surface area contributed by atoms with E-state index in [2.05, 4.69) is 22.7 Å². The second-order valence-electron chi connectivity index (χ2n) is 5.36. The van der Waals surface area contributed by atoms with Gasteiger partial charge in [0.05, 0.1) is 11.0 Å². The van der Waals surface area contributed by atoms with Gasteiger partial charge in [-0.2, -0.15) is 0 Å². The van der Waals surface area contributed by atoms with Crippen molar-refractivity contribution in [2.24, 2.45) is 0 Å².